The van der Waals surface area contributed by atoms with Crippen molar-refractivity contribution in [1.29, 1.82) is 0 Å². The van der Waals surface area contributed by atoms with E-state index in [0.29, 0.717) is 12.8 Å². The number of rotatable bonds is 4. The summed E-state index contributed by atoms with van der Waals surface area (Å²) in [6.45, 7) is 2.00. The Balaban J connectivity index is 2.11. The highest BCUT2D eigenvalue weighted by molar-refractivity contribution is 7.91. The van der Waals surface area contributed by atoms with Crippen molar-refractivity contribution in [2.45, 2.75) is 50.3 Å². The van der Waals surface area contributed by atoms with Crippen molar-refractivity contribution in [3.05, 3.63) is 35.4 Å². The second kappa shape index (κ2) is 6.82. The molecule has 0 heterocycles. The number of carbonyl (C=O) groups excluding carboxylic acids is 1. The molecule has 0 radical (unpaired) electrons. The Morgan fingerprint density at radius 1 is 1.27 bits per heavy atom. The van der Waals surface area contributed by atoms with Crippen molar-refractivity contribution >= 4 is 15.7 Å². The highest BCUT2D eigenvalue weighted by Gasteiger charge is 2.36. The molecule has 5 heteroatoms. The van der Waals surface area contributed by atoms with Gasteiger partial charge >= 0.3 is 0 Å². The third-order valence-electron chi connectivity index (χ3n) is 4.55. The highest BCUT2D eigenvalue weighted by atomic mass is 32.2. The molecule has 0 unspecified atom stereocenters. The van der Waals surface area contributed by atoms with Crippen molar-refractivity contribution < 1.29 is 13.2 Å². The first kappa shape index (κ1) is 17.0. The van der Waals surface area contributed by atoms with Crippen LogP contribution in [0.15, 0.2) is 24.3 Å². The lowest BCUT2D eigenvalue weighted by Gasteiger charge is -2.37. The molecule has 4 nitrogen and oxygen atoms in total. The van der Waals surface area contributed by atoms with Gasteiger partial charge in [-0.25, -0.2) is 8.42 Å². The fourth-order valence-corrected chi connectivity index (χ4v) is 4.81. The van der Waals surface area contributed by atoms with Gasteiger partial charge in [-0.3, -0.25) is 4.79 Å². The third kappa shape index (κ3) is 4.09. The van der Waals surface area contributed by atoms with E-state index >= 15 is 0 Å². The maximum Gasteiger partial charge on any atom is 0.227 e. The maximum atomic E-state index is 12.5. The summed E-state index contributed by atoms with van der Waals surface area (Å²) >= 11 is 0. The maximum absolute atomic E-state index is 12.5. The molecule has 1 aromatic carbocycles. The van der Waals surface area contributed by atoms with Crippen molar-refractivity contribution in [2.75, 3.05) is 13.3 Å². The summed E-state index contributed by atoms with van der Waals surface area (Å²) in [6.07, 6.45) is 4.95. The van der Waals surface area contributed by atoms with Gasteiger partial charge in [-0.2, -0.15) is 0 Å². The summed E-state index contributed by atoms with van der Waals surface area (Å²) in [7, 11) is -1.38. The molecule has 2 atom stereocenters. The molecule has 22 heavy (non-hydrogen) atoms. The Kier molecular flexibility index (Phi) is 5.27. The fourth-order valence-electron chi connectivity index (χ4n) is 3.33. The first-order valence-corrected chi connectivity index (χ1v) is 9.74. The number of aryl methyl sites for hydroxylation is 1. The van der Waals surface area contributed by atoms with Crippen LogP contribution in [-0.2, 0) is 21.1 Å². The van der Waals surface area contributed by atoms with Crippen LogP contribution in [0.4, 0.5) is 0 Å². The Morgan fingerprint density at radius 2 is 1.95 bits per heavy atom. The SMILES string of the molecule is Cc1cccc(CC(=O)N(C)[C@H]2CCCC[C@H]2S(C)(=O)=O)c1. The van der Waals surface area contributed by atoms with Crippen molar-refractivity contribution in [3.8, 4) is 0 Å². The zero-order valence-electron chi connectivity index (χ0n) is 13.6. The number of carbonyl (C=O) groups is 1. The van der Waals surface area contributed by atoms with Crippen LogP contribution in [0.25, 0.3) is 0 Å². The molecular formula is C17H25NO3S. The van der Waals surface area contributed by atoms with Crippen LogP contribution in [0.5, 0.6) is 0 Å². The molecule has 122 valence electrons. The summed E-state index contributed by atoms with van der Waals surface area (Å²) in [5.74, 6) is -0.00819. The normalized spacial score (nSPS) is 22.3. The lowest BCUT2D eigenvalue weighted by atomic mass is 9.93. The summed E-state index contributed by atoms with van der Waals surface area (Å²) < 4.78 is 24.0. The standard InChI is InChI=1S/C17H25NO3S/c1-13-7-6-8-14(11-13)12-17(19)18(2)15-9-4-5-10-16(15)22(3,20)21/h6-8,11,15-16H,4-5,9-10,12H2,1-3H3/t15-,16+/m0/s1. The largest absolute Gasteiger partial charge is 0.341 e. The quantitative estimate of drug-likeness (QED) is 0.855. The van der Waals surface area contributed by atoms with E-state index in [4.69, 9.17) is 0 Å². The Bertz CT molecular complexity index is 639. The number of hydrogen-bond acceptors (Lipinski definition) is 3. The number of benzene rings is 1. The minimum absolute atomic E-state index is 0.00819. The van der Waals surface area contributed by atoms with Crippen molar-refractivity contribution in [3.63, 3.8) is 0 Å². The van der Waals surface area contributed by atoms with Gasteiger partial charge in [-0.15, -0.1) is 0 Å². The predicted molar refractivity (Wildman–Crippen MR) is 88.5 cm³/mol. The Morgan fingerprint density at radius 3 is 2.59 bits per heavy atom. The molecule has 1 saturated carbocycles. The Hall–Kier alpha value is -1.36. The van der Waals surface area contributed by atoms with Gasteiger partial charge in [0, 0.05) is 19.3 Å². The average molecular weight is 323 g/mol. The van der Waals surface area contributed by atoms with Crippen LogP contribution in [0, 0.1) is 6.92 Å². The van der Waals surface area contributed by atoms with E-state index in [1.807, 2.05) is 31.2 Å². The van der Waals surface area contributed by atoms with E-state index < -0.39 is 15.1 Å². The molecule has 1 fully saturated rings. The molecule has 0 saturated heterocycles. The van der Waals surface area contributed by atoms with Gasteiger partial charge < -0.3 is 4.90 Å². The molecule has 2 rings (SSSR count). The molecule has 0 aromatic heterocycles. The van der Waals surface area contributed by atoms with Crippen LogP contribution in [0.3, 0.4) is 0 Å². The second-order valence-corrected chi connectivity index (χ2v) is 8.65. The van der Waals surface area contributed by atoms with Crippen LogP contribution in [0.2, 0.25) is 0 Å². The van der Waals surface area contributed by atoms with E-state index in [1.54, 1.807) is 11.9 Å². The fraction of sp³-hybridized carbons (Fsp3) is 0.588. The zero-order valence-corrected chi connectivity index (χ0v) is 14.4. The van der Waals surface area contributed by atoms with Crippen molar-refractivity contribution in [1.82, 2.24) is 4.90 Å². The van der Waals surface area contributed by atoms with Crippen LogP contribution in [-0.4, -0.2) is 43.8 Å². The first-order chi connectivity index (χ1) is 10.3. The molecule has 1 aromatic rings. The third-order valence-corrected chi connectivity index (χ3v) is 6.20. The molecule has 0 bridgehead atoms. The lowest BCUT2D eigenvalue weighted by molar-refractivity contribution is -0.131. The number of nitrogens with zero attached hydrogens (tertiary/aromatic N) is 1. The number of amides is 1. The first-order valence-electron chi connectivity index (χ1n) is 7.79. The van der Waals surface area contributed by atoms with Gasteiger partial charge in [0.25, 0.3) is 0 Å². The van der Waals surface area contributed by atoms with Gasteiger partial charge in [-0.1, -0.05) is 42.7 Å². The van der Waals surface area contributed by atoms with Crippen LogP contribution >= 0.6 is 0 Å². The van der Waals surface area contributed by atoms with Gasteiger partial charge in [0.1, 0.15) is 0 Å². The second-order valence-electron chi connectivity index (χ2n) is 6.39. The zero-order chi connectivity index (χ0) is 16.3. The molecular weight excluding hydrogens is 298 g/mol. The summed E-state index contributed by atoms with van der Waals surface area (Å²) in [5.41, 5.74) is 2.10. The number of hydrogen-bond donors (Lipinski definition) is 0. The summed E-state index contributed by atoms with van der Waals surface area (Å²) in [5, 5.41) is -0.423. The van der Waals surface area contributed by atoms with E-state index in [1.165, 1.54) is 6.26 Å². The molecule has 1 amide bonds. The van der Waals surface area contributed by atoms with Crippen LogP contribution in [0.1, 0.15) is 36.8 Å². The van der Waals surface area contributed by atoms with E-state index in [0.717, 1.165) is 30.4 Å². The monoisotopic (exact) mass is 323 g/mol. The molecule has 0 aliphatic heterocycles. The van der Waals surface area contributed by atoms with E-state index in [-0.39, 0.29) is 11.9 Å². The minimum Gasteiger partial charge on any atom is -0.341 e. The Labute approximate surface area is 133 Å². The molecule has 1 aliphatic rings. The van der Waals surface area contributed by atoms with Crippen molar-refractivity contribution in [2.24, 2.45) is 0 Å². The lowest BCUT2D eigenvalue weighted by Crippen LogP contribution is -2.49. The molecule has 0 N–H and O–H groups in total. The molecule has 1 aliphatic carbocycles. The predicted octanol–water partition coefficient (Wildman–Crippen LogP) is 2.35. The summed E-state index contributed by atoms with van der Waals surface area (Å²) in [6, 6.07) is 7.69. The smallest absolute Gasteiger partial charge is 0.227 e. The minimum atomic E-state index is -3.13. The average Bonchev–Trinajstić information content (AvgIpc) is 2.45. The topological polar surface area (TPSA) is 54.5 Å². The van der Waals surface area contributed by atoms with E-state index in [2.05, 4.69) is 0 Å². The number of likely N-dealkylation sites (N-methyl/N-ethyl adjacent to an activating group) is 1. The molecule has 0 spiro atoms. The van der Waals surface area contributed by atoms with Gasteiger partial charge in [-0.05, 0) is 25.3 Å². The van der Waals surface area contributed by atoms with Crippen LogP contribution < -0.4 is 0 Å². The number of sulfone groups is 1. The highest BCUT2D eigenvalue weighted by Crippen LogP contribution is 2.27. The summed E-state index contributed by atoms with van der Waals surface area (Å²) in [4.78, 5) is 14.2. The van der Waals surface area contributed by atoms with Gasteiger partial charge in [0.2, 0.25) is 5.91 Å². The van der Waals surface area contributed by atoms with Gasteiger partial charge in [0.05, 0.1) is 11.7 Å². The van der Waals surface area contributed by atoms with E-state index in [9.17, 15) is 13.2 Å². The van der Waals surface area contributed by atoms with Gasteiger partial charge in [0.15, 0.2) is 9.84 Å².